The second-order valence-electron chi connectivity index (χ2n) is 8.55. The van der Waals surface area contributed by atoms with Gasteiger partial charge in [-0.3, -0.25) is 9.78 Å². The van der Waals surface area contributed by atoms with E-state index in [0.29, 0.717) is 24.6 Å². The molecule has 1 saturated carbocycles. The van der Waals surface area contributed by atoms with Gasteiger partial charge in [-0.2, -0.15) is 0 Å². The number of thiazole rings is 1. The fourth-order valence-corrected chi connectivity index (χ4v) is 4.92. The summed E-state index contributed by atoms with van der Waals surface area (Å²) in [5, 5.41) is 1.74. The van der Waals surface area contributed by atoms with E-state index >= 15 is 0 Å². The summed E-state index contributed by atoms with van der Waals surface area (Å²) in [6, 6.07) is 8.72. The van der Waals surface area contributed by atoms with Gasteiger partial charge in [0.05, 0.1) is 9.88 Å². The van der Waals surface area contributed by atoms with Crippen molar-refractivity contribution in [2.45, 2.75) is 33.1 Å². The number of halogens is 1. The number of fused-ring (bicyclic) bond motifs is 1. The van der Waals surface area contributed by atoms with Crippen LogP contribution in [-0.4, -0.2) is 38.8 Å². The fourth-order valence-electron chi connectivity index (χ4n) is 4.02. The van der Waals surface area contributed by atoms with E-state index in [1.165, 1.54) is 17.4 Å². The van der Waals surface area contributed by atoms with Gasteiger partial charge in [0, 0.05) is 47.6 Å². The topological polar surface area (TPSA) is 61.9 Å². The van der Waals surface area contributed by atoms with Crippen LogP contribution >= 0.6 is 11.3 Å². The van der Waals surface area contributed by atoms with E-state index in [9.17, 15) is 9.18 Å². The van der Waals surface area contributed by atoms with E-state index in [2.05, 4.69) is 15.0 Å². The van der Waals surface area contributed by atoms with Crippen LogP contribution in [0.1, 0.15) is 39.6 Å². The second-order valence-corrected chi connectivity index (χ2v) is 9.75. The van der Waals surface area contributed by atoms with Gasteiger partial charge in [0.2, 0.25) is 0 Å². The van der Waals surface area contributed by atoms with Gasteiger partial charge in [-0.15, -0.1) is 11.3 Å². The van der Waals surface area contributed by atoms with Crippen LogP contribution in [0.4, 0.5) is 4.39 Å². The lowest BCUT2D eigenvalue weighted by molar-refractivity contribution is 0.0745. The lowest BCUT2D eigenvalue weighted by atomic mass is 10.1. The molecular formula is C25H25FN4OS. The van der Waals surface area contributed by atoms with Crippen molar-refractivity contribution in [1.29, 1.82) is 0 Å². The molecule has 1 N–H and O–H groups in total. The molecule has 1 aliphatic rings. The number of benzene rings is 1. The monoisotopic (exact) mass is 448 g/mol. The number of aryl methyl sites for hydroxylation is 2. The number of hydrogen-bond donors (Lipinski definition) is 1. The zero-order valence-electron chi connectivity index (χ0n) is 18.2. The summed E-state index contributed by atoms with van der Waals surface area (Å²) in [6.45, 7) is 5.18. The highest BCUT2D eigenvalue weighted by molar-refractivity contribution is 7.15. The largest absolute Gasteiger partial charge is 0.361 e. The van der Waals surface area contributed by atoms with Crippen molar-refractivity contribution in [3.05, 3.63) is 70.5 Å². The number of hydrogen-bond acceptors (Lipinski definition) is 4. The Kier molecular flexibility index (Phi) is 5.51. The van der Waals surface area contributed by atoms with Gasteiger partial charge in [0.25, 0.3) is 5.91 Å². The summed E-state index contributed by atoms with van der Waals surface area (Å²) in [6.07, 6.45) is 6.71. The van der Waals surface area contributed by atoms with Crippen LogP contribution in [0.2, 0.25) is 0 Å². The summed E-state index contributed by atoms with van der Waals surface area (Å²) in [7, 11) is 0. The highest BCUT2D eigenvalue weighted by Gasteiger charge is 2.30. The third kappa shape index (κ3) is 4.30. The molecule has 32 heavy (non-hydrogen) atoms. The maximum Gasteiger partial charge on any atom is 0.274 e. The summed E-state index contributed by atoms with van der Waals surface area (Å²) in [4.78, 5) is 28.6. The number of pyridine rings is 1. The average molecular weight is 449 g/mol. The predicted octanol–water partition coefficient (Wildman–Crippen LogP) is 5.54. The molecule has 0 bridgehead atoms. The number of H-pyrrole nitrogens is 1. The number of nitrogens with zero attached hydrogens (tertiary/aromatic N) is 3. The molecule has 164 valence electrons. The number of amides is 1. The van der Waals surface area contributed by atoms with Crippen LogP contribution in [0, 0.1) is 25.6 Å². The molecule has 5 nitrogen and oxygen atoms in total. The minimum absolute atomic E-state index is 0.0390. The highest BCUT2D eigenvalue weighted by atomic mass is 32.1. The Morgan fingerprint density at radius 1 is 1.25 bits per heavy atom. The molecule has 1 aliphatic carbocycles. The van der Waals surface area contributed by atoms with Crippen LogP contribution in [0.25, 0.3) is 21.3 Å². The maximum absolute atomic E-state index is 13.8. The summed E-state index contributed by atoms with van der Waals surface area (Å²) in [5.74, 6) is 0.269. The van der Waals surface area contributed by atoms with Crippen LogP contribution in [0.3, 0.4) is 0 Å². The molecule has 5 rings (SSSR count). The smallest absolute Gasteiger partial charge is 0.274 e. The number of rotatable bonds is 7. The van der Waals surface area contributed by atoms with E-state index in [-0.39, 0.29) is 11.7 Å². The molecule has 4 aromatic rings. The number of carbonyl (C=O) groups is 1. The van der Waals surface area contributed by atoms with Crippen LogP contribution < -0.4 is 0 Å². The molecule has 0 spiro atoms. The Bertz CT molecular complexity index is 1270. The maximum atomic E-state index is 13.8. The van der Waals surface area contributed by atoms with Crippen LogP contribution in [0.5, 0.6) is 0 Å². The number of nitrogens with one attached hydrogen (secondary N) is 1. The van der Waals surface area contributed by atoms with Gasteiger partial charge in [0.1, 0.15) is 11.5 Å². The Labute approximate surface area is 190 Å². The lowest BCUT2D eigenvalue weighted by Crippen LogP contribution is -2.35. The number of aromatic nitrogens is 3. The summed E-state index contributed by atoms with van der Waals surface area (Å²) in [5.41, 5.74) is 4.29. The Hall–Kier alpha value is -3.06. The van der Waals surface area contributed by atoms with Gasteiger partial charge < -0.3 is 9.88 Å². The first-order valence-electron chi connectivity index (χ1n) is 10.9. The molecule has 0 unspecified atom stereocenters. The first-order valence-corrected chi connectivity index (χ1v) is 11.7. The van der Waals surface area contributed by atoms with Crippen molar-refractivity contribution in [3.63, 3.8) is 0 Å². The standard InChI is InChI=1S/C25H25FN4OS/c1-15-3-6-19(13-27-15)24-23(29-16(2)32-24)25(31)30(14-17-4-5-17)10-9-18-12-28-22-8-7-20(26)11-21(18)22/h3,6-8,11-13,17,28H,4-5,9-10,14H2,1-2H3. The van der Waals surface area contributed by atoms with Gasteiger partial charge in [-0.25, -0.2) is 9.37 Å². The Morgan fingerprint density at radius 3 is 2.84 bits per heavy atom. The molecule has 0 aliphatic heterocycles. The van der Waals surface area contributed by atoms with Crippen molar-refractivity contribution in [2.75, 3.05) is 13.1 Å². The molecule has 3 aromatic heterocycles. The van der Waals surface area contributed by atoms with E-state index in [4.69, 9.17) is 0 Å². The fraction of sp³-hybridized carbons (Fsp3) is 0.320. The molecule has 7 heteroatoms. The minimum Gasteiger partial charge on any atom is -0.361 e. The van der Waals surface area contributed by atoms with Crippen LogP contribution in [-0.2, 0) is 6.42 Å². The third-order valence-electron chi connectivity index (χ3n) is 5.95. The zero-order chi connectivity index (χ0) is 22.2. The van der Waals surface area contributed by atoms with Gasteiger partial charge in [-0.05, 0) is 68.9 Å². The first-order chi connectivity index (χ1) is 15.5. The second kappa shape index (κ2) is 8.47. The van der Waals surface area contributed by atoms with Crippen LogP contribution in [0.15, 0.2) is 42.7 Å². The Morgan fingerprint density at radius 2 is 2.09 bits per heavy atom. The molecular weight excluding hydrogens is 423 g/mol. The minimum atomic E-state index is -0.251. The normalized spacial score (nSPS) is 13.6. The van der Waals surface area contributed by atoms with Crippen molar-refractivity contribution < 1.29 is 9.18 Å². The zero-order valence-corrected chi connectivity index (χ0v) is 19.0. The van der Waals surface area contributed by atoms with Gasteiger partial charge in [0.15, 0.2) is 0 Å². The van der Waals surface area contributed by atoms with Gasteiger partial charge >= 0.3 is 0 Å². The van der Waals surface area contributed by atoms with Crippen molar-refractivity contribution in [3.8, 4) is 10.4 Å². The first kappa shape index (κ1) is 20.8. The Balaban J connectivity index is 1.41. The van der Waals surface area contributed by atoms with Crippen molar-refractivity contribution in [1.82, 2.24) is 19.9 Å². The van der Waals surface area contributed by atoms with E-state index in [1.807, 2.05) is 43.3 Å². The van der Waals surface area contributed by atoms with Crippen molar-refractivity contribution in [2.24, 2.45) is 5.92 Å². The molecule has 1 aromatic carbocycles. The highest BCUT2D eigenvalue weighted by Crippen LogP contribution is 2.33. The number of carbonyl (C=O) groups excluding carboxylic acids is 1. The molecule has 1 fully saturated rings. The van der Waals surface area contributed by atoms with Gasteiger partial charge in [-0.1, -0.05) is 6.07 Å². The molecule has 1 amide bonds. The summed E-state index contributed by atoms with van der Waals surface area (Å²) < 4.78 is 13.8. The summed E-state index contributed by atoms with van der Waals surface area (Å²) >= 11 is 1.53. The quantitative estimate of drug-likeness (QED) is 0.404. The van der Waals surface area contributed by atoms with E-state index < -0.39 is 0 Å². The molecule has 0 radical (unpaired) electrons. The number of aromatic amines is 1. The SMILES string of the molecule is Cc1ccc(-c2sc(C)nc2C(=O)N(CCc2c[nH]c3ccc(F)cc23)CC2CC2)cn1. The average Bonchev–Trinajstić information content (AvgIpc) is 3.39. The molecule has 0 atom stereocenters. The third-order valence-corrected chi connectivity index (χ3v) is 6.97. The van der Waals surface area contributed by atoms with Crippen molar-refractivity contribution >= 4 is 28.1 Å². The van der Waals surface area contributed by atoms with E-state index in [1.54, 1.807) is 12.1 Å². The molecule has 3 heterocycles. The molecule has 0 saturated heterocycles. The predicted molar refractivity (Wildman–Crippen MR) is 125 cm³/mol. The lowest BCUT2D eigenvalue weighted by Gasteiger charge is -2.22. The van der Waals surface area contributed by atoms with E-state index in [0.717, 1.165) is 57.0 Å².